The third kappa shape index (κ3) is 2.81. The minimum atomic E-state index is -2.66. The van der Waals surface area contributed by atoms with E-state index >= 15 is 0 Å². The first kappa shape index (κ1) is 9.04. The smallest absolute Gasteiger partial charge is 0.153 e. The highest BCUT2D eigenvalue weighted by Crippen LogP contribution is 2.29. The number of sulfone groups is 1. The van der Waals surface area contributed by atoms with Gasteiger partial charge in [-0.3, -0.25) is 0 Å². The van der Waals surface area contributed by atoms with Crippen molar-refractivity contribution >= 4 is 9.84 Å². The summed E-state index contributed by atoms with van der Waals surface area (Å²) in [7, 11) is -2.66. The van der Waals surface area contributed by atoms with Gasteiger partial charge in [0.05, 0.1) is 11.0 Å². The van der Waals surface area contributed by atoms with Crippen molar-refractivity contribution in [2.75, 3.05) is 5.75 Å². The van der Waals surface area contributed by atoms with Crippen LogP contribution in [0.4, 0.5) is 0 Å². The van der Waals surface area contributed by atoms with E-state index in [4.69, 9.17) is 0 Å². The zero-order valence-corrected chi connectivity index (χ0v) is 7.86. The van der Waals surface area contributed by atoms with Gasteiger partial charge >= 0.3 is 0 Å². The van der Waals surface area contributed by atoms with Gasteiger partial charge in [-0.25, -0.2) is 8.42 Å². The van der Waals surface area contributed by atoms with Crippen molar-refractivity contribution in [1.29, 1.82) is 0 Å². The second kappa shape index (κ2) is 3.57. The molecule has 1 rings (SSSR count). The van der Waals surface area contributed by atoms with Crippen molar-refractivity contribution in [2.24, 2.45) is 0 Å². The van der Waals surface area contributed by atoms with Gasteiger partial charge in [0.1, 0.15) is 0 Å². The maximum absolute atomic E-state index is 11.3. The molecule has 11 heavy (non-hydrogen) atoms. The summed E-state index contributed by atoms with van der Waals surface area (Å²) in [5, 5.41) is 0.0411. The number of hydrogen-bond acceptors (Lipinski definition) is 2. The van der Waals surface area contributed by atoms with Crippen LogP contribution in [-0.4, -0.2) is 19.4 Å². The molecule has 0 amide bonds. The summed E-state index contributed by atoms with van der Waals surface area (Å²) >= 11 is 0. The highest BCUT2D eigenvalue weighted by molar-refractivity contribution is 7.92. The van der Waals surface area contributed by atoms with E-state index in [1.807, 2.05) is 0 Å². The quantitative estimate of drug-likeness (QED) is 0.598. The average molecular weight is 176 g/mol. The average Bonchev–Trinajstić information content (AvgIpc) is 2.68. The van der Waals surface area contributed by atoms with Crippen LogP contribution in [0.3, 0.4) is 0 Å². The summed E-state index contributed by atoms with van der Waals surface area (Å²) in [6.45, 7) is 2.09. The lowest BCUT2D eigenvalue weighted by Crippen LogP contribution is -2.11. The van der Waals surface area contributed by atoms with Crippen LogP contribution in [-0.2, 0) is 9.84 Å². The number of rotatable bonds is 5. The maximum atomic E-state index is 11.3. The predicted molar refractivity (Wildman–Crippen MR) is 46.3 cm³/mol. The van der Waals surface area contributed by atoms with Gasteiger partial charge < -0.3 is 0 Å². The Morgan fingerprint density at radius 2 is 1.91 bits per heavy atom. The van der Waals surface area contributed by atoms with Crippen molar-refractivity contribution in [2.45, 2.75) is 44.3 Å². The first-order valence-corrected chi connectivity index (χ1v) is 6.10. The van der Waals surface area contributed by atoms with Crippen LogP contribution in [0, 0.1) is 0 Å². The van der Waals surface area contributed by atoms with Crippen LogP contribution in [0.15, 0.2) is 0 Å². The topological polar surface area (TPSA) is 34.1 Å². The van der Waals surface area contributed by atoms with E-state index in [-0.39, 0.29) is 5.25 Å². The van der Waals surface area contributed by atoms with Gasteiger partial charge in [0.25, 0.3) is 0 Å². The zero-order valence-electron chi connectivity index (χ0n) is 7.04. The minimum Gasteiger partial charge on any atom is -0.229 e. The van der Waals surface area contributed by atoms with E-state index in [9.17, 15) is 8.42 Å². The molecule has 66 valence electrons. The van der Waals surface area contributed by atoms with Gasteiger partial charge in [-0.2, -0.15) is 0 Å². The van der Waals surface area contributed by atoms with Gasteiger partial charge in [-0.15, -0.1) is 0 Å². The van der Waals surface area contributed by atoms with Crippen molar-refractivity contribution in [3.63, 3.8) is 0 Å². The van der Waals surface area contributed by atoms with Crippen LogP contribution in [0.2, 0.25) is 0 Å². The predicted octanol–water partition coefficient (Wildman–Crippen LogP) is 1.75. The minimum absolute atomic E-state index is 0.0411. The second-order valence-electron chi connectivity index (χ2n) is 3.27. The molecule has 0 atom stereocenters. The lowest BCUT2D eigenvalue weighted by molar-refractivity contribution is 0.589. The Kier molecular flexibility index (Phi) is 2.93. The Morgan fingerprint density at radius 1 is 1.27 bits per heavy atom. The molecule has 3 heteroatoms. The van der Waals surface area contributed by atoms with Gasteiger partial charge in [0.15, 0.2) is 9.84 Å². The largest absolute Gasteiger partial charge is 0.229 e. The van der Waals surface area contributed by atoms with Crippen LogP contribution in [0.1, 0.15) is 39.0 Å². The molecular formula is C8H16O2S. The molecule has 1 fully saturated rings. The lowest BCUT2D eigenvalue weighted by atomic mass is 10.3. The summed E-state index contributed by atoms with van der Waals surface area (Å²) in [6, 6.07) is 0. The van der Waals surface area contributed by atoms with E-state index in [1.165, 1.54) is 0 Å². The molecule has 0 bridgehead atoms. The molecule has 0 aromatic rings. The van der Waals surface area contributed by atoms with Gasteiger partial charge in [-0.1, -0.05) is 19.8 Å². The zero-order chi connectivity index (χ0) is 8.32. The van der Waals surface area contributed by atoms with E-state index in [2.05, 4.69) is 6.92 Å². The highest BCUT2D eigenvalue weighted by Gasteiger charge is 2.34. The van der Waals surface area contributed by atoms with Crippen LogP contribution >= 0.6 is 0 Å². The molecule has 0 saturated heterocycles. The van der Waals surface area contributed by atoms with E-state index in [0.717, 1.165) is 32.1 Å². The summed E-state index contributed by atoms with van der Waals surface area (Å²) in [4.78, 5) is 0. The van der Waals surface area contributed by atoms with Crippen LogP contribution in [0.5, 0.6) is 0 Å². The molecule has 0 radical (unpaired) electrons. The molecule has 1 saturated carbocycles. The van der Waals surface area contributed by atoms with Crippen molar-refractivity contribution in [3.8, 4) is 0 Å². The van der Waals surface area contributed by atoms with E-state index in [1.54, 1.807) is 0 Å². The first-order chi connectivity index (χ1) is 5.17. The number of unbranched alkanes of at least 4 members (excludes halogenated alkanes) is 2. The first-order valence-electron chi connectivity index (χ1n) is 4.38. The normalized spacial score (nSPS) is 18.6. The fourth-order valence-electron chi connectivity index (χ4n) is 1.15. The number of hydrogen-bond donors (Lipinski definition) is 0. The summed E-state index contributed by atoms with van der Waals surface area (Å²) in [5.41, 5.74) is 0. The third-order valence-corrected chi connectivity index (χ3v) is 4.41. The Labute approximate surface area is 68.9 Å². The fraction of sp³-hybridized carbons (Fsp3) is 1.00. The lowest BCUT2D eigenvalue weighted by Gasteiger charge is -1.99. The van der Waals surface area contributed by atoms with E-state index < -0.39 is 9.84 Å². The monoisotopic (exact) mass is 176 g/mol. The SMILES string of the molecule is CCCCCS(=O)(=O)C1CC1. The van der Waals surface area contributed by atoms with Crippen molar-refractivity contribution < 1.29 is 8.42 Å². The third-order valence-electron chi connectivity index (χ3n) is 2.06. The van der Waals surface area contributed by atoms with Gasteiger partial charge in [0.2, 0.25) is 0 Å². The molecule has 0 unspecified atom stereocenters. The van der Waals surface area contributed by atoms with Gasteiger partial charge in [-0.05, 0) is 19.3 Å². The molecule has 0 aromatic carbocycles. The van der Waals surface area contributed by atoms with Crippen molar-refractivity contribution in [3.05, 3.63) is 0 Å². The Hall–Kier alpha value is -0.0500. The molecule has 1 aliphatic carbocycles. The Balaban J connectivity index is 2.23. The molecule has 0 aromatic heterocycles. The van der Waals surface area contributed by atoms with Crippen LogP contribution < -0.4 is 0 Å². The van der Waals surface area contributed by atoms with Gasteiger partial charge in [0, 0.05) is 0 Å². The molecule has 2 nitrogen and oxygen atoms in total. The maximum Gasteiger partial charge on any atom is 0.153 e. The molecular weight excluding hydrogens is 160 g/mol. The summed E-state index contributed by atoms with van der Waals surface area (Å²) in [6.07, 6.45) is 4.82. The molecule has 0 heterocycles. The summed E-state index contributed by atoms with van der Waals surface area (Å²) in [5.74, 6) is 0.422. The molecule has 1 aliphatic rings. The van der Waals surface area contributed by atoms with Crippen molar-refractivity contribution in [1.82, 2.24) is 0 Å². The Bertz CT molecular complexity index is 202. The standard InChI is InChI=1S/C8H16O2S/c1-2-3-4-7-11(9,10)8-5-6-8/h8H,2-7H2,1H3. The highest BCUT2D eigenvalue weighted by atomic mass is 32.2. The van der Waals surface area contributed by atoms with E-state index in [0.29, 0.717) is 5.75 Å². The fourth-order valence-corrected chi connectivity index (χ4v) is 2.94. The molecule has 0 spiro atoms. The second-order valence-corrected chi connectivity index (χ2v) is 5.67. The van der Waals surface area contributed by atoms with Crippen LogP contribution in [0.25, 0.3) is 0 Å². The summed E-state index contributed by atoms with van der Waals surface area (Å²) < 4.78 is 22.5. The molecule has 0 N–H and O–H groups in total. The molecule has 0 aliphatic heterocycles. The Morgan fingerprint density at radius 3 is 2.36 bits per heavy atom.